The molecule has 0 saturated carbocycles. The fourth-order valence-corrected chi connectivity index (χ4v) is 8.47. The first-order valence-corrected chi connectivity index (χ1v) is 19.1. The number of cyclic esters (lactones) is 1. The van der Waals surface area contributed by atoms with E-state index in [-0.39, 0.29) is 37.8 Å². The van der Waals surface area contributed by atoms with Crippen molar-refractivity contribution in [1.29, 1.82) is 0 Å². The first-order valence-electron chi connectivity index (χ1n) is 19.1. The van der Waals surface area contributed by atoms with Crippen molar-refractivity contribution >= 4 is 5.97 Å². The maximum atomic E-state index is 14.2. The number of methoxy groups -OCH3 is 1. The van der Waals surface area contributed by atoms with Gasteiger partial charge in [0.25, 0.3) is 0 Å². The molecule has 0 aromatic carbocycles. The third-order valence-electron chi connectivity index (χ3n) is 11.8. The molecule has 52 heavy (non-hydrogen) atoms. The number of carbonyl (C=O) groups is 1. The standard InChI is InChI=1S/C38H68N2O12/c1-13-28-38(10,46)31(42)25(6)40(17-16-39-11)20-21(2)18-36(8,45)33(52-35-27(41)15-14-22(3)48-35)23(4)30(24(5)34(44)50-28)51-29-19-37(9,47-12)32(43)26(7)49-29/h21-33,35,41-43,45-46H,13-20H2,1-10,12H3/t21-,22-,23+,24-,25-,26+,27-,28-,29+,30+,31+,32+,33-,35+,36-,37-,38-/m1/s1. The Bertz CT molecular complexity index is 1180. The molecule has 3 aliphatic rings. The monoisotopic (exact) mass is 744 g/mol. The summed E-state index contributed by atoms with van der Waals surface area (Å²) in [6, 6.07) is -0.648. The van der Waals surface area contributed by atoms with Crippen molar-refractivity contribution in [3.05, 3.63) is 11.4 Å². The average Bonchev–Trinajstić information content (AvgIpc) is 3.08. The number of carbonyl (C=O) groups excluding carboxylic acids is 1. The third kappa shape index (κ3) is 10.4. The van der Waals surface area contributed by atoms with E-state index >= 15 is 0 Å². The van der Waals surface area contributed by atoms with Gasteiger partial charge in [-0.1, -0.05) is 20.8 Å². The molecule has 3 rings (SSSR count). The van der Waals surface area contributed by atoms with Crippen LogP contribution >= 0.6 is 0 Å². The van der Waals surface area contributed by atoms with Gasteiger partial charge in [0.2, 0.25) is 6.54 Å². The van der Waals surface area contributed by atoms with Gasteiger partial charge in [0.15, 0.2) is 12.6 Å². The van der Waals surface area contributed by atoms with E-state index in [0.717, 1.165) is 0 Å². The molecule has 0 bridgehead atoms. The summed E-state index contributed by atoms with van der Waals surface area (Å²) in [5, 5.41) is 57.8. The first kappa shape index (κ1) is 44.9. The topological polar surface area (TPSA) is 181 Å². The van der Waals surface area contributed by atoms with Crippen LogP contribution in [0.15, 0.2) is 0 Å². The lowest BCUT2D eigenvalue weighted by atomic mass is 9.77. The van der Waals surface area contributed by atoms with Gasteiger partial charge in [0, 0.05) is 32.0 Å². The SMILES string of the molecule is [C-]#[N+]CCN1C[C@H](C)C[C@@](C)(O)[C@H](O[C@@H]2O[C@H](C)CC[C@H]2O)[C@@H](C)[C@H](O[C@H]2C[C@@](C)(OC)[C@@H](O)[C@H](C)O2)[C@@H](C)C(=O)O[C@H](CC)[C@@](C)(O)[C@@H](O)[C@H]1C. The van der Waals surface area contributed by atoms with E-state index in [0.29, 0.717) is 25.9 Å². The predicted molar refractivity (Wildman–Crippen MR) is 192 cm³/mol. The Hall–Kier alpha value is -1.48. The van der Waals surface area contributed by atoms with Gasteiger partial charge in [0.05, 0.1) is 48.1 Å². The molecule has 0 aromatic rings. The molecule has 3 heterocycles. The van der Waals surface area contributed by atoms with Crippen LogP contribution in [0.3, 0.4) is 0 Å². The van der Waals surface area contributed by atoms with Crippen molar-refractivity contribution in [2.75, 3.05) is 26.7 Å². The van der Waals surface area contributed by atoms with E-state index in [2.05, 4.69) is 4.85 Å². The van der Waals surface area contributed by atoms with Crippen LogP contribution in [0.2, 0.25) is 0 Å². The molecular weight excluding hydrogens is 676 g/mol. The van der Waals surface area contributed by atoms with Crippen LogP contribution in [0.4, 0.5) is 0 Å². The van der Waals surface area contributed by atoms with Crippen LogP contribution in [-0.4, -0.2) is 147 Å². The number of aliphatic hydroxyl groups excluding tert-OH is 3. The molecule has 0 radical (unpaired) electrons. The Morgan fingerprint density at radius 1 is 0.962 bits per heavy atom. The number of hydrogen-bond acceptors (Lipinski definition) is 13. The fraction of sp³-hybridized carbons (Fsp3) is 0.947. The Morgan fingerprint density at radius 3 is 2.21 bits per heavy atom. The quantitative estimate of drug-likeness (QED) is 0.181. The number of esters is 1. The summed E-state index contributed by atoms with van der Waals surface area (Å²) < 4.78 is 37.2. The minimum absolute atomic E-state index is 0.123. The van der Waals surface area contributed by atoms with Crippen molar-refractivity contribution < 1.29 is 58.7 Å². The number of nitrogens with zero attached hydrogens (tertiary/aromatic N) is 2. The Morgan fingerprint density at radius 2 is 1.62 bits per heavy atom. The molecule has 14 heteroatoms. The molecular formula is C38H68N2O12. The van der Waals surface area contributed by atoms with Crippen LogP contribution in [0.5, 0.6) is 0 Å². The van der Waals surface area contributed by atoms with Gasteiger partial charge in [-0.2, -0.15) is 0 Å². The minimum atomic E-state index is -1.87. The molecule has 5 N–H and O–H groups in total. The average molecular weight is 745 g/mol. The van der Waals surface area contributed by atoms with Gasteiger partial charge in [-0.15, -0.1) is 0 Å². The molecule has 14 nitrogen and oxygen atoms in total. The molecule has 0 aliphatic carbocycles. The fourth-order valence-electron chi connectivity index (χ4n) is 8.47. The van der Waals surface area contributed by atoms with E-state index in [9.17, 15) is 30.3 Å². The Kier molecular flexibility index (Phi) is 15.9. The zero-order chi connectivity index (χ0) is 39.3. The van der Waals surface area contributed by atoms with Gasteiger partial charge in [0.1, 0.15) is 30.0 Å². The largest absolute Gasteiger partial charge is 0.459 e. The van der Waals surface area contributed by atoms with E-state index in [4.69, 9.17) is 35.0 Å². The maximum Gasteiger partial charge on any atom is 0.311 e. The summed E-state index contributed by atoms with van der Waals surface area (Å²) in [6.45, 7) is 25.6. The molecule has 3 saturated heterocycles. The van der Waals surface area contributed by atoms with Gasteiger partial charge in [-0.25, -0.2) is 6.57 Å². The van der Waals surface area contributed by atoms with Crippen molar-refractivity contribution in [2.24, 2.45) is 17.8 Å². The number of hydrogen-bond donors (Lipinski definition) is 5. The Labute approximate surface area is 310 Å². The second-order valence-electron chi connectivity index (χ2n) is 16.5. The zero-order valence-electron chi connectivity index (χ0n) is 33.2. The predicted octanol–water partition coefficient (Wildman–Crippen LogP) is 2.65. The van der Waals surface area contributed by atoms with E-state index < -0.39 is 96.0 Å². The summed E-state index contributed by atoms with van der Waals surface area (Å²) in [5.74, 6) is -2.71. The highest BCUT2D eigenvalue weighted by molar-refractivity contribution is 5.73. The summed E-state index contributed by atoms with van der Waals surface area (Å²) >= 11 is 0. The molecule has 0 amide bonds. The highest BCUT2D eigenvalue weighted by atomic mass is 16.7. The van der Waals surface area contributed by atoms with Crippen LogP contribution in [-0.2, 0) is 33.2 Å². The highest BCUT2D eigenvalue weighted by Gasteiger charge is 2.52. The lowest BCUT2D eigenvalue weighted by Gasteiger charge is -2.48. The molecule has 3 aliphatic heterocycles. The van der Waals surface area contributed by atoms with Gasteiger partial charge >= 0.3 is 5.97 Å². The van der Waals surface area contributed by atoms with Gasteiger partial charge in [-0.3, -0.25) is 9.69 Å². The summed E-state index contributed by atoms with van der Waals surface area (Å²) in [4.78, 5) is 19.6. The normalized spacial score (nSPS) is 47.9. The van der Waals surface area contributed by atoms with Crippen LogP contribution < -0.4 is 0 Å². The summed E-state index contributed by atoms with van der Waals surface area (Å²) in [6.07, 6.45) is -7.80. The molecule has 0 unspecified atom stereocenters. The van der Waals surface area contributed by atoms with E-state index in [1.54, 1.807) is 48.5 Å². The number of ether oxygens (including phenoxy) is 6. The van der Waals surface area contributed by atoms with Crippen LogP contribution in [0.1, 0.15) is 101 Å². The first-order chi connectivity index (χ1) is 24.1. The molecule has 3 fully saturated rings. The summed E-state index contributed by atoms with van der Waals surface area (Å²) in [5.41, 5.74) is -4.48. The van der Waals surface area contributed by atoms with Gasteiger partial charge in [-0.05, 0) is 80.1 Å². The lowest BCUT2D eigenvalue weighted by Crippen LogP contribution is -2.60. The van der Waals surface area contributed by atoms with E-state index in [1.807, 2.05) is 18.7 Å². The smallest absolute Gasteiger partial charge is 0.311 e. The second-order valence-corrected chi connectivity index (χ2v) is 16.5. The van der Waals surface area contributed by atoms with Crippen molar-refractivity contribution in [3.8, 4) is 0 Å². The molecule has 0 aromatic heterocycles. The summed E-state index contributed by atoms with van der Waals surface area (Å²) in [7, 11) is 1.50. The number of rotatable bonds is 8. The highest BCUT2D eigenvalue weighted by Crippen LogP contribution is 2.40. The van der Waals surface area contributed by atoms with Crippen molar-refractivity contribution in [3.63, 3.8) is 0 Å². The van der Waals surface area contributed by atoms with Crippen LogP contribution in [0.25, 0.3) is 4.85 Å². The van der Waals surface area contributed by atoms with E-state index in [1.165, 1.54) is 14.0 Å². The van der Waals surface area contributed by atoms with Crippen molar-refractivity contribution in [1.82, 2.24) is 4.90 Å². The second kappa shape index (κ2) is 18.4. The van der Waals surface area contributed by atoms with Crippen LogP contribution in [0, 0.1) is 24.3 Å². The van der Waals surface area contributed by atoms with Gasteiger partial charge < -0.3 is 58.8 Å². The lowest BCUT2D eigenvalue weighted by molar-refractivity contribution is -0.314. The number of aliphatic hydroxyl groups is 5. The molecule has 0 spiro atoms. The third-order valence-corrected chi connectivity index (χ3v) is 11.8. The zero-order valence-corrected chi connectivity index (χ0v) is 33.2. The minimum Gasteiger partial charge on any atom is -0.459 e. The maximum absolute atomic E-state index is 14.2. The molecule has 302 valence electrons. The molecule has 17 atom stereocenters. The Balaban J connectivity index is 2.17. The van der Waals surface area contributed by atoms with Crippen molar-refractivity contribution in [2.45, 2.75) is 186 Å².